The molecule has 0 aromatic heterocycles. The number of rotatable bonds is 6. The SMILES string of the molecule is Cc1cccc(N(c2ccccc2)c2ccc3c4c(c5ccccc5c3c2)-c2cc(N(c3ccccc3)c3cccc(C)c3)c3ccccc3c2C4(C)C)c1. The van der Waals surface area contributed by atoms with Crippen LogP contribution in [0.3, 0.4) is 0 Å². The lowest BCUT2D eigenvalue weighted by Crippen LogP contribution is -2.17. The predicted molar refractivity (Wildman–Crippen MR) is 235 cm³/mol. The molecule has 0 unspecified atom stereocenters. The first kappa shape index (κ1) is 33.0. The zero-order valence-corrected chi connectivity index (χ0v) is 31.7. The number of fused-ring (bicyclic) bond motifs is 10. The average Bonchev–Trinajstić information content (AvgIpc) is 3.45. The molecule has 0 saturated heterocycles. The van der Waals surface area contributed by atoms with Gasteiger partial charge in [-0.05, 0) is 141 Å². The Bertz CT molecular complexity index is 2920. The lowest BCUT2D eigenvalue weighted by Gasteiger charge is -2.30. The molecule has 0 heterocycles. The van der Waals surface area contributed by atoms with E-state index in [0.717, 1.165) is 28.4 Å². The minimum atomic E-state index is -0.261. The second-order valence-electron chi connectivity index (χ2n) is 15.5. The lowest BCUT2D eigenvalue weighted by molar-refractivity contribution is 0.672. The third-order valence-corrected chi connectivity index (χ3v) is 11.6. The summed E-state index contributed by atoms with van der Waals surface area (Å²) >= 11 is 0. The highest BCUT2D eigenvalue weighted by molar-refractivity contribution is 6.21. The van der Waals surface area contributed by atoms with E-state index in [-0.39, 0.29) is 5.41 Å². The van der Waals surface area contributed by atoms with Crippen molar-refractivity contribution in [1.29, 1.82) is 0 Å². The molecule has 0 spiro atoms. The van der Waals surface area contributed by atoms with Gasteiger partial charge in [-0.1, -0.05) is 129 Å². The first-order chi connectivity index (χ1) is 26.9. The smallest absolute Gasteiger partial charge is 0.0546 e. The number of nitrogens with zero attached hydrogens (tertiary/aromatic N) is 2. The summed E-state index contributed by atoms with van der Waals surface area (Å²) in [7, 11) is 0. The maximum absolute atomic E-state index is 2.49. The van der Waals surface area contributed by atoms with Crippen LogP contribution >= 0.6 is 0 Å². The van der Waals surface area contributed by atoms with Gasteiger partial charge in [0.05, 0.1) is 5.69 Å². The standard InChI is InChI=1S/C53H42N2/c1-35-17-15-23-39(31-35)54(37-19-7-5-8-20-37)41-29-30-46-47(33-41)42-25-11-13-27-44(42)50-48-34-49(43-26-12-14-28-45(43)51(48)53(3,4)52(46)50)55(38-21-9-6-10-22-38)40-24-16-18-36(2)32-40/h5-34H,1-4H3. The molecular weight excluding hydrogens is 665 g/mol. The van der Waals surface area contributed by atoms with Crippen LogP contribution in [0.2, 0.25) is 0 Å². The number of benzene rings is 9. The molecule has 0 fully saturated rings. The highest BCUT2D eigenvalue weighted by atomic mass is 15.1. The Morgan fingerprint density at radius 2 is 0.836 bits per heavy atom. The molecule has 9 aromatic carbocycles. The fourth-order valence-corrected chi connectivity index (χ4v) is 9.35. The van der Waals surface area contributed by atoms with Gasteiger partial charge in [0, 0.05) is 39.2 Å². The van der Waals surface area contributed by atoms with Crippen molar-refractivity contribution in [2.75, 3.05) is 9.80 Å². The number of hydrogen-bond donors (Lipinski definition) is 0. The number of aryl methyl sites for hydroxylation is 2. The molecule has 0 amide bonds. The Hall–Kier alpha value is -6.64. The van der Waals surface area contributed by atoms with Gasteiger partial charge < -0.3 is 9.80 Å². The summed E-state index contributed by atoms with van der Waals surface area (Å²) in [5.41, 5.74) is 14.6. The van der Waals surface area contributed by atoms with Gasteiger partial charge in [-0.15, -0.1) is 0 Å². The molecule has 0 bridgehead atoms. The van der Waals surface area contributed by atoms with E-state index in [0.29, 0.717) is 0 Å². The van der Waals surface area contributed by atoms with Crippen LogP contribution in [-0.4, -0.2) is 0 Å². The van der Waals surface area contributed by atoms with Crippen LogP contribution < -0.4 is 9.80 Å². The van der Waals surface area contributed by atoms with Gasteiger partial charge in [-0.2, -0.15) is 0 Å². The lowest BCUT2D eigenvalue weighted by atomic mass is 9.77. The molecular formula is C53H42N2. The first-order valence-corrected chi connectivity index (χ1v) is 19.3. The fraction of sp³-hybridized carbons (Fsp3) is 0.0943. The van der Waals surface area contributed by atoms with Crippen LogP contribution in [0.4, 0.5) is 34.1 Å². The van der Waals surface area contributed by atoms with Crippen LogP contribution in [0.5, 0.6) is 0 Å². The Morgan fingerprint density at radius 1 is 0.345 bits per heavy atom. The van der Waals surface area contributed by atoms with Crippen molar-refractivity contribution in [1.82, 2.24) is 0 Å². The van der Waals surface area contributed by atoms with Crippen LogP contribution in [0.25, 0.3) is 43.4 Å². The Kier molecular flexibility index (Phi) is 7.64. The predicted octanol–water partition coefficient (Wildman–Crippen LogP) is 15.0. The zero-order valence-electron chi connectivity index (χ0n) is 31.7. The Labute approximate surface area is 323 Å². The highest BCUT2D eigenvalue weighted by Gasteiger charge is 2.41. The molecule has 2 nitrogen and oxygen atoms in total. The van der Waals surface area contributed by atoms with E-state index in [1.165, 1.54) is 71.4 Å². The van der Waals surface area contributed by atoms with Crippen LogP contribution in [0.1, 0.15) is 36.1 Å². The summed E-state index contributed by atoms with van der Waals surface area (Å²) < 4.78 is 0. The van der Waals surface area contributed by atoms with Gasteiger partial charge in [0.1, 0.15) is 0 Å². The van der Waals surface area contributed by atoms with E-state index in [2.05, 4.69) is 219 Å². The summed E-state index contributed by atoms with van der Waals surface area (Å²) in [5, 5.41) is 7.69. The summed E-state index contributed by atoms with van der Waals surface area (Å²) in [5.74, 6) is 0. The molecule has 9 aromatic rings. The van der Waals surface area contributed by atoms with Gasteiger partial charge in [0.25, 0.3) is 0 Å². The molecule has 0 atom stereocenters. The van der Waals surface area contributed by atoms with Gasteiger partial charge in [0.2, 0.25) is 0 Å². The maximum atomic E-state index is 2.49. The highest BCUT2D eigenvalue weighted by Crippen LogP contribution is 2.59. The second kappa shape index (κ2) is 12.7. The molecule has 1 aliphatic carbocycles. The van der Waals surface area contributed by atoms with Crippen LogP contribution in [-0.2, 0) is 5.41 Å². The van der Waals surface area contributed by atoms with E-state index in [1.54, 1.807) is 0 Å². The average molecular weight is 707 g/mol. The van der Waals surface area contributed by atoms with Crippen molar-refractivity contribution in [2.45, 2.75) is 33.1 Å². The quantitative estimate of drug-likeness (QED) is 0.159. The molecule has 55 heavy (non-hydrogen) atoms. The molecule has 2 heteroatoms. The van der Waals surface area contributed by atoms with Crippen molar-refractivity contribution in [3.05, 3.63) is 204 Å². The topological polar surface area (TPSA) is 6.48 Å². The van der Waals surface area contributed by atoms with Crippen molar-refractivity contribution < 1.29 is 0 Å². The van der Waals surface area contributed by atoms with Crippen molar-refractivity contribution >= 4 is 66.4 Å². The Morgan fingerprint density at radius 3 is 1.47 bits per heavy atom. The molecule has 10 rings (SSSR count). The van der Waals surface area contributed by atoms with Crippen molar-refractivity contribution in [3.63, 3.8) is 0 Å². The van der Waals surface area contributed by atoms with Crippen LogP contribution in [0.15, 0.2) is 182 Å². The van der Waals surface area contributed by atoms with Crippen molar-refractivity contribution in [3.8, 4) is 11.1 Å². The monoisotopic (exact) mass is 706 g/mol. The summed E-state index contributed by atoms with van der Waals surface area (Å²) in [6.07, 6.45) is 0. The molecule has 0 aliphatic heterocycles. The minimum absolute atomic E-state index is 0.261. The largest absolute Gasteiger partial charge is 0.310 e. The number of anilines is 6. The molecule has 0 N–H and O–H groups in total. The summed E-state index contributed by atoms with van der Waals surface area (Å²) in [4.78, 5) is 4.83. The summed E-state index contributed by atoms with van der Waals surface area (Å²) in [6.45, 7) is 9.21. The van der Waals surface area contributed by atoms with E-state index in [1.807, 2.05) is 0 Å². The molecule has 264 valence electrons. The molecule has 0 saturated carbocycles. The second-order valence-corrected chi connectivity index (χ2v) is 15.5. The maximum Gasteiger partial charge on any atom is 0.0546 e. The Balaban J connectivity index is 1.27. The molecule has 0 radical (unpaired) electrons. The van der Waals surface area contributed by atoms with E-state index in [9.17, 15) is 0 Å². The van der Waals surface area contributed by atoms with Gasteiger partial charge in [0.15, 0.2) is 0 Å². The third-order valence-electron chi connectivity index (χ3n) is 11.6. The number of hydrogen-bond acceptors (Lipinski definition) is 2. The first-order valence-electron chi connectivity index (χ1n) is 19.3. The van der Waals surface area contributed by atoms with Crippen molar-refractivity contribution in [2.24, 2.45) is 0 Å². The molecule has 1 aliphatic rings. The summed E-state index contributed by atoms with van der Waals surface area (Å²) in [6, 6.07) is 66.9. The fourth-order valence-electron chi connectivity index (χ4n) is 9.35. The van der Waals surface area contributed by atoms with E-state index in [4.69, 9.17) is 0 Å². The van der Waals surface area contributed by atoms with Crippen LogP contribution in [0, 0.1) is 13.8 Å². The van der Waals surface area contributed by atoms with Gasteiger partial charge in [-0.25, -0.2) is 0 Å². The number of para-hydroxylation sites is 2. The van der Waals surface area contributed by atoms with E-state index < -0.39 is 0 Å². The third kappa shape index (κ3) is 5.24. The van der Waals surface area contributed by atoms with Gasteiger partial charge >= 0.3 is 0 Å². The zero-order chi connectivity index (χ0) is 37.3. The van der Waals surface area contributed by atoms with Gasteiger partial charge in [-0.3, -0.25) is 0 Å². The van der Waals surface area contributed by atoms with E-state index >= 15 is 0 Å². The normalized spacial score (nSPS) is 12.9. The minimum Gasteiger partial charge on any atom is -0.310 e.